The van der Waals surface area contributed by atoms with Crippen molar-refractivity contribution in [2.45, 2.75) is 11.3 Å². The van der Waals surface area contributed by atoms with E-state index in [1.807, 2.05) is 0 Å². The van der Waals surface area contributed by atoms with Gasteiger partial charge in [-0.2, -0.15) is 0 Å². The van der Waals surface area contributed by atoms with Crippen LogP contribution in [0.1, 0.15) is 6.42 Å². The van der Waals surface area contributed by atoms with Gasteiger partial charge in [0.25, 0.3) is 0 Å². The van der Waals surface area contributed by atoms with Crippen LogP contribution in [0.3, 0.4) is 0 Å². The fourth-order valence-corrected chi connectivity index (χ4v) is 3.02. The van der Waals surface area contributed by atoms with Crippen molar-refractivity contribution < 1.29 is 18.3 Å². The molecule has 1 aromatic rings. The fraction of sp³-hybridized carbons (Fsp3) is 0.455. The molecule has 0 spiro atoms. The van der Waals surface area contributed by atoms with Crippen molar-refractivity contribution in [3.8, 4) is 0 Å². The van der Waals surface area contributed by atoms with Crippen LogP contribution in [0.5, 0.6) is 0 Å². The molecule has 2 N–H and O–H groups in total. The molecule has 0 atom stereocenters. The normalized spacial score (nSPS) is 11.7. The molecule has 0 aliphatic rings. The molecule has 0 unspecified atom stereocenters. The third-order valence-corrected chi connectivity index (χ3v) is 4.87. The minimum absolute atomic E-state index is 0.0372. The molecule has 0 amide bonds. The maximum absolute atomic E-state index is 11.9. The van der Waals surface area contributed by atoms with Gasteiger partial charge in [0.05, 0.1) is 23.1 Å². The fourth-order valence-electron chi connectivity index (χ4n) is 1.27. The summed E-state index contributed by atoms with van der Waals surface area (Å²) in [7, 11) is -3.54. The highest BCUT2D eigenvalue weighted by atomic mass is 79.9. The topological polar surface area (TPSA) is 75.6 Å². The molecule has 0 aliphatic heterocycles. The van der Waals surface area contributed by atoms with Crippen LogP contribution in [-0.4, -0.2) is 39.9 Å². The number of aliphatic hydroxyl groups is 1. The second-order valence-electron chi connectivity index (χ2n) is 3.66. The van der Waals surface area contributed by atoms with Gasteiger partial charge in [0.15, 0.2) is 0 Å². The van der Waals surface area contributed by atoms with Gasteiger partial charge in [-0.1, -0.05) is 11.6 Å². The van der Waals surface area contributed by atoms with Crippen LogP contribution in [0.15, 0.2) is 27.6 Å². The monoisotopic (exact) mass is 371 g/mol. The zero-order valence-corrected chi connectivity index (χ0v) is 13.3. The van der Waals surface area contributed by atoms with Gasteiger partial charge in [-0.15, -0.1) is 0 Å². The molecule has 108 valence electrons. The van der Waals surface area contributed by atoms with Gasteiger partial charge in [-0.05, 0) is 40.5 Å². The first-order valence-corrected chi connectivity index (χ1v) is 8.26. The van der Waals surface area contributed by atoms with Crippen LogP contribution < -0.4 is 4.72 Å². The number of aliphatic hydroxyl groups excluding tert-OH is 1. The lowest BCUT2D eigenvalue weighted by Crippen LogP contribution is -2.25. The smallest absolute Gasteiger partial charge is 0.240 e. The molecule has 0 fully saturated rings. The van der Waals surface area contributed by atoms with Crippen molar-refractivity contribution >= 4 is 37.6 Å². The van der Waals surface area contributed by atoms with E-state index in [2.05, 4.69) is 20.7 Å². The molecular weight excluding hydrogens is 358 g/mol. The Balaban J connectivity index is 2.49. The summed E-state index contributed by atoms with van der Waals surface area (Å²) in [4.78, 5) is 0.153. The summed E-state index contributed by atoms with van der Waals surface area (Å²) in [5.41, 5.74) is 0. The Morgan fingerprint density at radius 2 is 2.11 bits per heavy atom. The van der Waals surface area contributed by atoms with Gasteiger partial charge in [0.2, 0.25) is 10.0 Å². The van der Waals surface area contributed by atoms with E-state index in [1.54, 1.807) is 0 Å². The number of ether oxygens (including phenoxy) is 1. The highest BCUT2D eigenvalue weighted by molar-refractivity contribution is 9.10. The lowest BCUT2D eigenvalue weighted by atomic mass is 10.4. The maximum atomic E-state index is 11.9. The Kier molecular flexibility index (Phi) is 7.27. The van der Waals surface area contributed by atoms with Crippen LogP contribution in [0.25, 0.3) is 0 Å². The molecule has 19 heavy (non-hydrogen) atoms. The van der Waals surface area contributed by atoms with E-state index >= 15 is 0 Å². The van der Waals surface area contributed by atoms with Crippen LogP contribution in [0, 0.1) is 0 Å². The predicted octanol–water partition coefficient (Wildman–Crippen LogP) is 1.78. The Labute approximate surface area is 126 Å². The number of nitrogens with one attached hydrogen (secondary N) is 1. The summed E-state index contributed by atoms with van der Waals surface area (Å²) < 4.78 is 31.9. The molecule has 0 bridgehead atoms. The zero-order chi connectivity index (χ0) is 14.3. The standard InChI is InChI=1S/C11H15BrClNO4S/c12-10-8-9(2-3-11(10)13)19(16,17)14-4-1-6-18-7-5-15/h2-3,8,14-15H,1,4-7H2. The van der Waals surface area contributed by atoms with Crippen LogP contribution in [0.2, 0.25) is 5.02 Å². The predicted molar refractivity (Wildman–Crippen MR) is 76.9 cm³/mol. The molecule has 0 aromatic heterocycles. The van der Waals surface area contributed by atoms with Crippen molar-refractivity contribution in [2.75, 3.05) is 26.4 Å². The molecule has 1 rings (SSSR count). The van der Waals surface area contributed by atoms with Gasteiger partial charge in [-0.3, -0.25) is 0 Å². The van der Waals surface area contributed by atoms with Gasteiger partial charge < -0.3 is 9.84 Å². The zero-order valence-electron chi connectivity index (χ0n) is 10.1. The van der Waals surface area contributed by atoms with Crippen molar-refractivity contribution in [2.24, 2.45) is 0 Å². The van der Waals surface area contributed by atoms with Crippen LogP contribution >= 0.6 is 27.5 Å². The number of sulfonamides is 1. The van der Waals surface area contributed by atoms with E-state index in [9.17, 15) is 8.42 Å². The molecule has 0 radical (unpaired) electrons. The quantitative estimate of drug-likeness (QED) is 0.682. The number of benzene rings is 1. The van der Waals surface area contributed by atoms with E-state index in [4.69, 9.17) is 21.4 Å². The molecule has 0 saturated carbocycles. The average molecular weight is 373 g/mol. The number of halogens is 2. The lowest BCUT2D eigenvalue weighted by Gasteiger charge is -2.08. The molecule has 1 aromatic carbocycles. The van der Waals surface area contributed by atoms with Gasteiger partial charge >= 0.3 is 0 Å². The molecule has 5 nitrogen and oxygen atoms in total. The highest BCUT2D eigenvalue weighted by Gasteiger charge is 2.14. The van der Waals surface area contributed by atoms with Crippen molar-refractivity contribution in [3.63, 3.8) is 0 Å². The highest BCUT2D eigenvalue weighted by Crippen LogP contribution is 2.25. The average Bonchev–Trinajstić information content (AvgIpc) is 2.36. The SMILES string of the molecule is O=S(=O)(NCCCOCCO)c1ccc(Cl)c(Br)c1. The van der Waals surface area contributed by atoms with E-state index in [1.165, 1.54) is 18.2 Å². The number of hydrogen-bond acceptors (Lipinski definition) is 4. The number of hydrogen-bond donors (Lipinski definition) is 2. The van der Waals surface area contributed by atoms with E-state index in [0.717, 1.165) is 0 Å². The Morgan fingerprint density at radius 1 is 1.37 bits per heavy atom. The van der Waals surface area contributed by atoms with Gasteiger partial charge in [0, 0.05) is 17.6 Å². The van der Waals surface area contributed by atoms with Crippen LogP contribution in [-0.2, 0) is 14.8 Å². The molecule has 0 heterocycles. The second kappa shape index (κ2) is 8.18. The van der Waals surface area contributed by atoms with Gasteiger partial charge in [-0.25, -0.2) is 13.1 Å². The summed E-state index contributed by atoms with van der Waals surface area (Å²) in [6.45, 7) is 0.892. The second-order valence-corrected chi connectivity index (χ2v) is 6.69. The minimum Gasteiger partial charge on any atom is -0.394 e. The minimum atomic E-state index is -3.54. The molecule has 0 saturated heterocycles. The maximum Gasteiger partial charge on any atom is 0.240 e. The summed E-state index contributed by atoms with van der Waals surface area (Å²) >= 11 is 8.99. The Morgan fingerprint density at radius 3 is 2.74 bits per heavy atom. The first-order chi connectivity index (χ1) is 8.97. The van der Waals surface area contributed by atoms with Crippen molar-refractivity contribution in [3.05, 3.63) is 27.7 Å². The first-order valence-electron chi connectivity index (χ1n) is 5.60. The van der Waals surface area contributed by atoms with Crippen molar-refractivity contribution in [1.29, 1.82) is 0 Å². The molecule has 8 heteroatoms. The summed E-state index contributed by atoms with van der Waals surface area (Å²) in [5.74, 6) is 0. The van der Waals surface area contributed by atoms with E-state index < -0.39 is 10.0 Å². The summed E-state index contributed by atoms with van der Waals surface area (Å²) in [6, 6.07) is 4.41. The third kappa shape index (κ3) is 5.76. The Hall–Kier alpha value is -0.180. The largest absolute Gasteiger partial charge is 0.394 e. The first kappa shape index (κ1) is 16.9. The van der Waals surface area contributed by atoms with E-state index in [0.29, 0.717) is 22.5 Å². The molecule has 0 aliphatic carbocycles. The third-order valence-electron chi connectivity index (χ3n) is 2.19. The summed E-state index contributed by atoms with van der Waals surface area (Å²) in [6.07, 6.45) is 0.536. The Bertz CT molecular complexity index is 509. The van der Waals surface area contributed by atoms with Crippen molar-refractivity contribution in [1.82, 2.24) is 4.72 Å². The number of rotatable bonds is 8. The summed E-state index contributed by atoms with van der Waals surface area (Å²) in [5, 5.41) is 8.95. The molecular formula is C11H15BrClNO4S. The van der Waals surface area contributed by atoms with Crippen LogP contribution in [0.4, 0.5) is 0 Å². The van der Waals surface area contributed by atoms with Gasteiger partial charge in [0.1, 0.15) is 0 Å². The lowest BCUT2D eigenvalue weighted by molar-refractivity contribution is 0.0913. The van der Waals surface area contributed by atoms with E-state index in [-0.39, 0.29) is 24.7 Å².